The van der Waals surface area contributed by atoms with E-state index in [9.17, 15) is 10.1 Å². The highest BCUT2D eigenvalue weighted by Gasteiger charge is 2.21. The molecule has 1 amide bonds. The summed E-state index contributed by atoms with van der Waals surface area (Å²) in [6.07, 6.45) is 4.68. The number of nitriles is 1. The number of anilines is 1. The molecule has 1 aliphatic rings. The SMILES string of the molecule is N#Cc1c(NC(=O)CCSc2cccc(Cl)c2)sc2c1CCCC2. The number of nitrogens with one attached hydrogen (secondary N) is 1. The number of benzene rings is 1. The number of carbonyl (C=O) groups excluding carboxylic acids is 1. The maximum atomic E-state index is 12.2. The smallest absolute Gasteiger partial charge is 0.225 e. The van der Waals surface area contributed by atoms with Crippen LogP contribution in [-0.4, -0.2) is 11.7 Å². The van der Waals surface area contributed by atoms with Crippen molar-refractivity contribution >= 4 is 45.6 Å². The Kier molecular flexibility index (Phi) is 5.83. The van der Waals surface area contributed by atoms with Gasteiger partial charge in [0.1, 0.15) is 11.1 Å². The van der Waals surface area contributed by atoms with E-state index >= 15 is 0 Å². The molecule has 0 atom stereocenters. The van der Waals surface area contributed by atoms with Gasteiger partial charge in [-0.2, -0.15) is 5.26 Å². The summed E-state index contributed by atoms with van der Waals surface area (Å²) < 4.78 is 0. The summed E-state index contributed by atoms with van der Waals surface area (Å²) in [6.45, 7) is 0. The average Bonchev–Trinajstić information content (AvgIpc) is 2.91. The van der Waals surface area contributed by atoms with Crippen LogP contribution in [-0.2, 0) is 17.6 Å². The first-order valence-electron chi connectivity index (χ1n) is 7.90. The van der Waals surface area contributed by atoms with Crippen LogP contribution in [0.15, 0.2) is 29.2 Å². The van der Waals surface area contributed by atoms with E-state index < -0.39 is 0 Å². The molecule has 0 spiro atoms. The number of thiophene rings is 1. The molecular weight excluding hydrogens is 360 g/mol. The van der Waals surface area contributed by atoms with Gasteiger partial charge in [-0.3, -0.25) is 4.79 Å². The van der Waals surface area contributed by atoms with Gasteiger partial charge in [0.25, 0.3) is 0 Å². The summed E-state index contributed by atoms with van der Waals surface area (Å²) in [4.78, 5) is 14.5. The Bertz CT molecular complexity index is 795. The Morgan fingerprint density at radius 2 is 2.21 bits per heavy atom. The maximum absolute atomic E-state index is 12.2. The highest BCUT2D eigenvalue weighted by Crippen LogP contribution is 2.37. The molecule has 1 heterocycles. The second-order valence-electron chi connectivity index (χ2n) is 5.63. The molecule has 6 heteroatoms. The van der Waals surface area contributed by atoms with Crippen LogP contribution in [0.25, 0.3) is 0 Å². The van der Waals surface area contributed by atoms with Gasteiger partial charge in [0.15, 0.2) is 0 Å². The molecule has 1 aromatic heterocycles. The van der Waals surface area contributed by atoms with Gasteiger partial charge >= 0.3 is 0 Å². The van der Waals surface area contributed by atoms with Gasteiger partial charge in [-0.25, -0.2) is 0 Å². The first kappa shape index (κ1) is 17.3. The zero-order valence-electron chi connectivity index (χ0n) is 13.1. The molecule has 1 aliphatic carbocycles. The first-order valence-corrected chi connectivity index (χ1v) is 10.1. The second-order valence-corrected chi connectivity index (χ2v) is 8.34. The highest BCUT2D eigenvalue weighted by atomic mass is 35.5. The third-order valence-electron chi connectivity index (χ3n) is 3.93. The van der Waals surface area contributed by atoms with Crippen molar-refractivity contribution in [3.05, 3.63) is 45.3 Å². The van der Waals surface area contributed by atoms with E-state index in [0.717, 1.165) is 34.7 Å². The average molecular weight is 377 g/mol. The number of nitrogens with zero attached hydrogens (tertiary/aromatic N) is 1. The Morgan fingerprint density at radius 3 is 3.00 bits per heavy atom. The standard InChI is InChI=1S/C18H17ClN2OS2/c19-12-4-3-5-13(10-12)23-9-8-17(22)21-18-15(11-20)14-6-1-2-7-16(14)24-18/h3-5,10H,1-2,6-9H2,(H,21,22). The minimum atomic E-state index is -0.0420. The van der Waals surface area contributed by atoms with Gasteiger partial charge in [-0.15, -0.1) is 23.1 Å². The van der Waals surface area contributed by atoms with E-state index in [4.69, 9.17) is 11.6 Å². The predicted octanol–water partition coefficient (Wildman–Crippen LogP) is 5.27. The molecule has 124 valence electrons. The zero-order valence-corrected chi connectivity index (χ0v) is 15.5. The summed E-state index contributed by atoms with van der Waals surface area (Å²) in [6, 6.07) is 9.89. The fourth-order valence-corrected chi connectivity index (χ4v) is 5.20. The molecule has 0 aliphatic heterocycles. The molecule has 0 fully saturated rings. The van der Waals surface area contributed by atoms with Crippen LogP contribution in [0.2, 0.25) is 5.02 Å². The molecule has 1 N–H and O–H groups in total. The molecule has 2 aromatic rings. The van der Waals surface area contributed by atoms with Crippen LogP contribution in [0, 0.1) is 11.3 Å². The summed E-state index contributed by atoms with van der Waals surface area (Å²) in [7, 11) is 0. The lowest BCUT2D eigenvalue weighted by atomic mass is 9.96. The number of halogens is 1. The minimum Gasteiger partial charge on any atom is -0.317 e. The fraction of sp³-hybridized carbons (Fsp3) is 0.333. The normalized spacial score (nSPS) is 13.2. The van der Waals surface area contributed by atoms with Gasteiger partial charge < -0.3 is 5.32 Å². The van der Waals surface area contributed by atoms with Gasteiger partial charge in [-0.1, -0.05) is 17.7 Å². The minimum absolute atomic E-state index is 0.0420. The third kappa shape index (κ3) is 4.13. The lowest BCUT2D eigenvalue weighted by Crippen LogP contribution is -2.12. The van der Waals surface area contributed by atoms with Crippen molar-refractivity contribution in [1.82, 2.24) is 0 Å². The number of amides is 1. The van der Waals surface area contributed by atoms with Crippen LogP contribution in [0.5, 0.6) is 0 Å². The van der Waals surface area contributed by atoms with Crippen molar-refractivity contribution in [3.63, 3.8) is 0 Å². The second kappa shape index (κ2) is 8.06. The molecular formula is C18H17ClN2OS2. The molecule has 0 saturated carbocycles. The fourth-order valence-electron chi connectivity index (χ4n) is 2.78. The molecule has 0 unspecified atom stereocenters. The number of aryl methyl sites for hydroxylation is 1. The molecule has 24 heavy (non-hydrogen) atoms. The van der Waals surface area contributed by atoms with E-state index in [2.05, 4.69) is 11.4 Å². The summed E-state index contributed by atoms with van der Waals surface area (Å²) in [5.41, 5.74) is 1.82. The van der Waals surface area contributed by atoms with Crippen molar-refractivity contribution in [2.24, 2.45) is 0 Å². The van der Waals surface area contributed by atoms with Crippen LogP contribution in [0.3, 0.4) is 0 Å². The topological polar surface area (TPSA) is 52.9 Å². The number of thioether (sulfide) groups is 1. The zero-order chi connectivity index (χ0) is 16.9. The lowest BCUT2D eigenvalue weighted by molar-refractivity contribution is -0.115. The molecule has 0 bridgehead atoms. The van der Waals surface area contributed by atoms with E-state index in [1.807, 2.05) is 24.3 Å². The molecule has 3 nitrogen and oxygen atoms in total. The number of rotatable bonds is 5. The molecule has 0 radical (unpaired) electrons. The lowest BCUT2D eigenvalue weighted by Gasteiger charge is -2.09. The molecule has 0 saturated heterocycles. The van der Waals surface area contributed by atoms with E-state index in [0.29, 0.717) is 22.8 Å². The third-order valence-corrected chi connectivity index (χ3v) is 6.37. The predicted molar refractivity (Wildman–Crippen MR) is 101 cm³/mol. The van der Waals surface area contributed by atoms with Gasteiger partial charge in [-0.05, 0) is 49.4 Å². The Hall–Kier alpha value is -1.48. The van der Waals surface area contributed by atoms with E-state index in [-0.39, 0.29) is 5.91 Å². The number of hydrogen-bond acceptors (Lipinski definition) is 4. The van der Waals surface area contributed by atoms with Crippen LogP contribution in [0.4, 0.5) is 5.00 Å². The molecule has 3 rings (SSSR count). The van der Waals surface area contributed by atoms with Gasteiger partial charge in [0.2, 0.25) is 5.91 Å². The Morgan fingerprint density at radius 1 is 1.38 bits per heavy atom. The molecule has 1 aromatic carbocycles. The van der Waals surface area contributed by atoms with Crippen molar-refractivity contribution in [3.8, 4) is 6.07 Å². The largest absolute Gasteiger partial charge is 0.317 e. The van der Waals surface area contributed by atoms with E-state index in [1.54, 1.807) is 23.1 Å². The van der Waals surface area contributed by atoms with Crippen LogP contribution >= 0.6 is 34.7 Å². The van der Waals surface area contributed by atoms with Crippen LogP contribution < -0.4 is 5.32 Å². The van der Waals surface area contributed by atoms with Crippen molar-refractivity contribution in [2.45, 2.75) is 37.0 Å². The first-order chi connectivity index (χ1) is 11.7. The van der Waals surface area contributed by atoms with Gasteiger partial charge in [0, 0.05) is 27.0 Å². The van der Waals surface area contributed by atoms with Crippen molar-refractivity contribution in [1.29, 1.82) is 5.26 Å². The number of fused-ring (bicyclic) bond motifs is 1. The Balaban J connectivity index is 1.57. The van der Waals surface area contributed by atoms with Crippen molar-refractivity contribution in [2.75, 3.05) is 11.1 Å². The van der Waals surface area contributed by atoms with Crippen molar-refractivity contribution < 1.29 is 4.79 Å². The van der Waals surface area contributed by atoms with E-state index in [1.165, 1.54) is 11.3 Å². The highest BCUT2D eigenvalue weighted by molar-refractivity contribution is 7.99. The van der Waals surface area contributed by atoms with Gasteiger partial charge in [0.05, 0.1) is 5.56 Å². The number of hydrogen-bond donors (Lipinski definition) is 1. The quantitative estimate of drug-likeness (QED) is 0.723. The van der Waals surface area contributed by atoms with Crippen LogP contribution in [0.1, 0.15) is 35.3 Å². The summed E-state index contributed by atoms with van der Waals surface area (Å²) >= 11 is 9.13. The summed E-state index contributed by atoms with van der Waals surface area (Å²) in [5.74, 6) is 0.638. The Labute approximate surface area is 155 Å². The maximum Gasteiger partial charge on any atom is 0.225 e. The monoisotopic (exact) mass is 376 g/mol. The summed E-state index contributed by atoms with van der Waals surface area (Å²) in [5, 5.41) is 13.8. The number of carbonyl (C=O) groups is 1.